The molecule has 1 aromatic heterocycles. The number of hydrogen-bond acceptors (Lipinski definition) is 4. The number of carbonyl (C=O) groups excluding carboxylic acids is 2. The van der Waals surface area contributed by atoms with Crippen LogP contribution in [0.1, 0.15) is 18.2 Å². The number of benzene rings is 1. The van der Waals surface area contributed by atoms with E-state index < -0.39 is 0 Å². The third-order valence-corrected chi connectivity index (χ3v) is 5.45. The summed E-state index contributed by atoms with van der Waals surface area (Å²) in [6, 6.07) is 7.91. The van der Waals surface area contributed by atoms with Crippen LogP contribution in [0.5, 0.6) is 0 Å². The van der Waals surface area contributed by atoms with Crippen molar-refractivity contribution in [3.63, 3.8) is 0 Å². The maximum atomic E-state index is 12.1. The molecule has 1 fully saturated rings. The smallest absolute Gasteiger partial charge is 0.414 e. The third-order valence-electron chi connectivity index (χ3n) is 4.79. The minimum absolute atomic E-state index is 0.136. The summed E-state index contributed by atoms with van der Waals surface area (Å²) in [5.41, 5.74) is 4.32. The van der Waals surface area contributed by atoms with Gasteiger partial charge >= 0.3 is 6.09 Å². The number of rotatable bonds is 4. The Bertz CT molecular complexity index is 920. The van der Waals surface area contributed by atoms with Crippen LogP contribution in [0.2, 0.25) is 0 Å². The molecule has 1 aromatic carbocycles. The molecule has 2 aromatic rings. The molecule has 1 saturated heterocycles. The van der Waals surface area contributed by atoms with Crippen LogP contribution in [0.3, 0.4) is 0 Å². The molecule has 27 heavy (non-hydrogen) atoms. The molecule has 0 saturated carbocycles. The van der Waals surface area contributed by atoms with Crippen molar-refractivity contribution < 1.29 is 14.3 Å². The average Bonchev–Trinajstić information content (AvgIpc) is 3.23. The summed E-state index contributed by atoms with van der Waals surface area (Å²) < 4.78 is 8.32. The van der Waals surface area contributed by atoms with Crippen LogP contribution < -0.4 is 10.2 Å². The minimum Gasteiger partial charge on any atom is -0.442 e. The van der Waals surface area contributed by atoms with Crippen LogP contribution in [-0.4, -0.2) is 40.7 Å². The summed E-state index contributed by atoms with van der Waals surface area (Å²) in [6.07, 6.45) is 4.13. The number of imidazole rings is 1. The second-order valence-corrected chi connectivity index (χ2v) is 7.39. The van der Waals surface area contributed by atoms with Gasteiger partial charge in [-0.3, -0.25) is 9.69 Å². The number of amides is 2. The number of nitrogens with one attached hydrogen (secondary N) is 1. The number of carbonyl (C=O) groups is 2. The molecule has 0 bridgehead atoms. The molecule has 0 aliphatic carbocycles. The molecule has 1 N–H and O–H groups in total. The molecule has 0 spiro atoms. The predicted octanol–water partition coefficient (Wildman–Crippen LogP) is 2.75. The van der Waals surface area contributed by atoms with Crippen molar-refractivity contribution in [2.24, 2.45) is 0 Å². The van der Waals surface area contributed by atoms with E-state index in [1.807, 2.05) is 30.6 Å². The van der Waals surface area contributed by atoms with E-state index in [1.54, 1.807) is 4.90 Å². The maximum absolute atomic E-state index is 12.1. The number of cyclic esters (lactones) is 1. The van der Waals surface area contributed by atoms with Crippen molar-refractivity contribution >= 4 is 39.2 Å². The molecule has 1 atom stereocenters. The number of aromatic nitrogens is 2. The summed E-state index contributed by atoms with van der Waals surface area (Å²) in [7, 11) is 0. The molecule has 7 nitrogen and oxygen atoms in total. The molecular formula is C19H19BrN4O3. The van der Waals surface area contributed by atoms with Gasteiger partial charge in [0.1, 0.15) is 10.7 Å². The summed E-state index contributed by atoms with van der Waals surface area (Å²) >= 11 is 3.50. The molecule has 0 radical (unpaired) electrons. The van der Waals surface area contributed by atoms with Gasteiger partial charge in [0.2, 0.25) is 5.91 Å². The van der Waals surface area contributed by atoms with E-state index in [1.165, 1.54) is 18.2 Å². The molecule has 3 heterocycles. The number of halogens is 1. The average molecular weight is 431 g/mol. The van der Waals surface area contributed by atoms with Gasteiger partial charge in [0.15, 0.2) is 0 Å². The van der Waals surface area contributed by atoms with Gasteiger partial charge in [0, 0.05) is 25.6 Å². The highest BCUT2D eigenvalue weighted by molar-refractivity contribution is 9.10. The van der Waals surface area contributed by atoms with Crippen LogP contribution in [0, 0.1) is 0 Å². The van der Waals surface area contributed by atoms with E-state index in [0.717, 1.165) is 28.8 Å². The minimum atomic E-state index is -0.386. The van der Waals surface area contributed by atoms with E-state index in [4.69, 9.17) is 4.74 Å². The highest BCUT2D eigenvalue weighted by atomic mass is 79.9. The fourth-order valence-electron chi connectivity index (χ4n) is 3.35. The number of hydrogen-bond donors (Lipinski definition) is 1. The van der Waals surface area contributed by atoms with E-state index in [0.29, 0.717) is 13.1 Å². The van der Waals surface area contributed by atoms with Gasteiger partial charge < -0.3 is 14.6 Å². The molecule has 2 aliphatic heterocycles. The van der Waals surface area contributed by atoms with Crippen molar-refractivity contribution in [2.45, 2.75) is 26.0 Å². The lowest BCUT2D eigenvalue weighted by atomic mass is 9.98. The zero-order chi connectivity index (χ0) is 19.0. The second kappa shape index (κ2) is 7.19. The Labute approximate surface area is 165 Å². The Morgan fingerprint density at radius 1 is 1.37 bits per heavy atom. The molecule has 4 rings (SSSR count). The van der Waals surface area contributed by atoms with Gasteiger partial charge in [-0.05, 0) is 39.2 Å². The van der Waals surface area contributed by atoms with Gasteiger partial charge in [-0.2, -0.15) is 0 Å². The predicted molar refractivity (Wildman–Crippen MR) is 104 cm³/mol. The van der Waals surface area contributed by atoms with Gasteiger partial charge in [-0.15, -0.1) is 0 Å². The standard InChI is InChI=1S/C19H19BrN4O3/c1-12(25)21-9-16-10-24(19(26)27-16)15-4-2-13(3-5-15)14-6-7-23-11-22-18(20)17(23)8-14/h2-6,11,16H,7-10H2,1H3,(H,21,25)/t16-/m0/s1. The Kier molecular flexibility index (Phi) is 4.73. The van der Waals surface area contributed by atoms with E-state index in [9.17, 15) is 9.59 Å². The lowest BCUT2D eigenvalue weighted by Gasteiger charge is -2.18. The van der Waals surface area contributed by atoms with E-state index >= 15 is 0 Å². The Balaban J connectivity index is 1.45. The first-order chi connectivity index (χ1) is 13.0. The number of ether oxygens (including phenoxy) is 1. The van der Waals surface area contributed by atoms with Crippen molar-refractivity contribution in [3.8, 4) is 0 Å². The van der Waals surface area contributed by atoms with Crippen molar-refractivity contribution in [1.29, 1.82) is 0 Å². The third kappa shape index (κ3) is 3.62. The number of allylic oxidation sites excluding steroid dienone is 2. The fourth-order valence-corrected chi connectivity index (χ4v) is 3.81. The largest absolute Gasteiger partial charge is 0.442 e. The van der Waals surface area contributed by atoms with Gasteiger partial charge in [-0.25, -0.2) is 9.78 Å². The summed E-state index contributed by atoms with van der Waals surface area (Å²) in [4.78, 5) is 29.0. The number of anilines is 1. The first kappa shape index (κ1) is 17.8. The maximum Gasteiger partial charge on any atom is 0.414 e. The van der Waals surface area contributed by atoms with Gasteiger partial charge in [0.05, 0.1) is 25.1 Å². The summed E-state index contributed by atoms with van der Waals surface area (Å²) in [6.45, 7) is 2.99. The lowest BCUT2D eigenvalue weighted by Crippen LogP contribution is -2.33. The van der Waals surface area contributed by atoms with Gasteiger partial charge in [-0.1, -0.05) is 18.2 Å². The highest BCUT2D eigenvalue weighted by Crippen LogP contribution is 2.30. The highest BCUT2D eigenvalue weighted by Gasteiger charge is 2.32. The van der Waals surface area contributed by atoms with E-state index in [2.05, 4.69) is 36.9 Å². The fraction of sp³-hybridized carbons (Fsp3) is 0.316. The lowest BCUT2D eigenvalue weighted by molar-refractivity contribution is -0.119. The quantitative estimate of drug-likeness (QED) is 0.808. The first-order valence-corrected chi connectivity index (χ1v) is 9.52. The van der Waals surface area contributed by atoms with E-state index in [-0.39, 0.29) is 18.1 Å². The van der Waals surface area contributed by atoms with Crippen LogP contribution in [-0.2, 0) is 22.5 Å². The zero-order valence-corrected chi connectivity index (χ0v) is 16.4. The topological polar surface area (TPSA) is 76.5 Å². The van der Waals surface area contributed by atoms with Gasteiger partial charge in [0.25, 0.3) is 0 Å². The SMILES string of the molecule is CC(=O)NC[C@H]1CN(c2ccc(C3=CCn4cnc(Br)c4C3)cc2)C(=O)O1. The summed E-state index contributed by atoms with van der Waals surface area (Å²) in [5, 5.41) is 2.68. The molecular weight excluding hydrogens is 412 g/mol. The van der Waals surface area contributed by atoms with Crippen LogP contribution >= 0.6 is 15.9 Å². The molecule has 140 valence electrons. The normalized spacial score (nSPS) is 18.7. The Hall–Kier alpha value is -2.61. The molecule has 8 heteroatoms. The van der Waals surface area contributed by atoms with Crippen molar-refractivity contribution in [3.05, 3.63) is 52.5 Å². The molecule has 0 unspecified atom stereocenters. The summed E-state index contributed by atoms with van der Waals surface area (Å²) in [5.74, 6) is -0.136. The first-order valence-electron chi connectivity index (χ1n) is 8.73. The number of fused-ring (bicyclic) bond motifs is 1. The number of nitrogens with zero attached hydrogens (tertiary/aromatic N) is 3. The zero-order valence-electron chi connectivity index (χ0n) is 14.8. The molecule has 2 aliphatic rings. The molecule has 2 amide bonds. The van der Waals surface area contributed by atoms with Crippen LogP contribution in [0.4, 0.5) is 10.5 Å². The second-order valence-electron chi connectivity index (χ2n) is 6.64. The van der Waals surface area contributed by atoms with Crippen molar-refractivity contribution in [1.82, 2.24) is 14.9 Å². The van der Waals surface area contributed by atoms with Crippen LogP contribution in [0.25, 0.3) is 5.57 Å². The Morgan fingerprint density at radius 2 is 2.15 bits per heavy atom. The van der Waals surface area contributed by atoms with Crippen LogP contribution in [0.15, 0.2) is 41.3 Å². The van der Waals surface area contributed by atoms with Crippen molar-refractivity contribution in [2.75, 3.05) is 18.0 Å². The Morgan fingerprint density at radius 3 is 2.89 bits per heavy atom. The monoisotopic (exact) mass is 430 g/mol.